The zero-order valence-corrected chi connectivity index (χ0v) is 19.1. The van der Waals surface area contributed by atoms with E-state index in [0.717, 1.165) is 25.3 Å². The van der Waals surface area contributed by atoms with Gasteiger partial charge in [-0.2, -0.15) is 5.10 Å². The van der Waals surface area contributed by atoms with Crippen LogP contribution in [0.25, 0.3) is 22.6 Å². The predicted molar refractivity (Wildman–Crippen MR) is 124 cm³/mol. The largest absolute Gasteiger partial charge is 0.383 e. The van der Waals surface area contributed by atoms with Crippen molar-refractivity contribution in [2.75, 3.05) is 11.1 Å². The minimum atomic E-state index is -3.59. The van der Waals surface area contributed by atoms with Gasteiger partial charge in [-0.05, 0) is 32.1 Å². The summed E-state index contributed by atoms with van der Waals surface area (Å²) in [5, 5.41) is 6.96. The van der Waals surface area contributed by atoms with Crippen LogP contribution in [0.15, 0.2) is 48.7 Å². The zero-order chi connectivity index (χ0) is 25.8. The second kappa shape index (κ2) is 8.11. The Labute approximate surface area is 201 Å². The first-order valence-electron chi connectivity index (χ1n) is 10.8. The SMILES string of the molecule is CC=CC(F)(F)C1(C)C(=O)Nc2nc(-c3nn(Cc4ccccc4F)c4ncc(F)cc34)nc(N)c21. The summed E-state index contributed by atoms with van der Waals surface area (Å²) in [6.07, 6.45) is 2.73. The highest BCUT2D eigenvalue weighted by Crippen LogP contribution is 2.50. The van der Waals surface area contributed by atoms with Crippen LogP contribution in [0.1, 0.15) is 25.0 Å². The van der Waals surface area contributed by atoms with Crippen molar-refractivity contribution < 1.29 is 22.4 Å². The molecule has 5 rings (SSSR count). The van der Waals surface area contributed by atoms with E-state index in [9.17, 15) is 22.4 Å². The topological polar surface area (TPSA) is 112 Å². The fourth-order valence-corrected chi connectivity index (χ4v) is 4.30. The van der Waals surface area contributed by atoms with Crippen LogP contribution in [-0.2, 0) is 16.8 Å². The molecule has 36 heavy (non-hydrogen) atoms. The highest BCUT2D eigenvalue weighted by Gasteiger charge is 2.61. The van der Waals surface area contributed by atoms with E-state index in [-0.39, 0.29) is 46.3 Å². The minimum Gasteiger partial charge on any atom is -0.383 e. The summed E-state index contributed by atoms with van der Waals surface area (Å²) in [5.74, 6) is -6.42. The lowest BCUT2D eigenvalue weighted by atomic mass is 9.78. The summed E-state index contributed by atoms with van der Waals surface area (Å²) < 4.78 is 59.7. The molecule has 3 aromatic heterocycles. The molecule has 4 heterocycles. The van der Waals surface area contributed by atoms with Gasteiger partial charge in [-0.15, -0.1) is 0 Å². The molecule has 0 saturated carbocycles. The van der Waals surface area contributed by atoms with Crippen LogP contribution in [0.5, 0.6) is 0 Å². The number of nitrogen functional groups attached to an aromatic ring is 1. The van der Waals surface area contributed by atoms with E-state index >= 15 is 0 Å². The van der Waals surface area contributed by atoms with E-state index in [1.165, 1.54) is 17.7 Å². The summed E-state index contributed by atoms with van der Waals surface area (Å²) in [6.45, 7) is 2.43. The van der Waals surface area contributed by atoms with Crippen LogP contribution >= 0.6 is 0 Å². The van der Waals surface area contributed by atoms with Gasteiger partial charge >= 0.3 is 0 Å². The number of anilines is 2. The molecule has 0 spiro atoms. The number of nitrogens with one attached hydrogen (secondary N) is 1. The van der Waals surface area contributed by atoms with E-state index in [1.54, 1.807) is 18.2 Å². The van der Waals surface area contributed by atoms with Gasteiger partial charge in [-0.1, -0.05) is 24.3 Å². The number of pyridine rings is 1. The van der Waals surface area contributed by atoms with Crippen molar-refractivity contribution in [3.8, 4) is 11.5 Å². The second-order valence-corrected chi connectivity index (χ2v) is 8.48. The van der Waals surface area contributed by atoms with Gasteiger partial charge in [0.05, 0.1) is 23.7 Å². The van der Waals surface area contributed by atoms with Crippen LogP contribution in [0.3, 0.4) is 0 Å². The Balaban J connectivity index is 1.68. The molecule has 1 atom stereocenters. The van der Waals surface area contributed by atoms with Gasteiger partial charge in [0.2, 0.25) is 5.91 Å². The lowest BCUT2D eigenvalue weighted by molar-refractivity contribution is -0.130. The molecule has 3 N–H and O–H groups in total. The lowest BCUT2D eigenvalue weighted by Crippen LogP contribution is -2.47. The Morgan fingerprint density at radius 1 is 1.22 bits per heavy atom. The van der Waals surface area contributed by atoms with Gasteiger partial charge in [0, 0.05) is 5.56 Å². The van der Waals surface area contributed by atoms with Crippen LogP contribution < -0.4 is 11.1 Å². The molecular formula is C24H19F4N7O. The minimum absolute atomic E-state index is 0.0332. The summed E-state index contributed by atoms with van der Waals surface area (Å²) in [4.78, 5) is 25.2. The zero-order valence-electron chi connectivity index (χ0n) is 19.1. The molecule has 0 saturated heterocycles. The number of carbonyl (C=O) groups excluding carboxylic acids is 1. The maximum absolute atomic E-state index is 15.0. The average Bonchev–Trinajstić information content (AvgIpc) is 3.30. The van der Waals surface area contributed by atoms with Crippen molar-refractivity contribution in [2.45, 2.75) is 31.7 Å². The predicted octanol–water partition coefficient (Wildman–Crippen LogP) is 4.22. The van der Waals surface area contributed by atoms with Gasteiger partial charge in [0.25, 0.3) is 5.92 Å². The molecule has 12 heteroatoms. The van der Waals surface area contributed by atoms with E-state index in [1.807, 2.05) is 0 Å². The lowest BCUT2D eigenvalue weighted by Gasteiger charge is -2.29. The molecule has 0 bridgehead atoms. The van der Waals surface area contributed by atoms with Crippen molar-refractivity contribution in [2.24, 2.45) is 0 Å². The third-order valence-electron chi connectivity index (χ3n) is 6.21. The number of hydrogen-bond donors (Lipinski definition) is 2. The third-order valence-corrected chi connectivity index (χ3v) is 6.21. The number of alkyl halides is 2. The number of nitrogens with two attached hydrogens (primary N) is 1. The van der Waals surface area contributed by atoms with Gasteiger partial charge in [0.15, 0.2) is 11.5 Å². The summed E-state index contributed by atoms with van der Waals surface area (Å²) in [7, 11) is 0. The molecule has 1 aliphatic heterocycles. The average molecular weight is 497 g/mol. The van der Waals surface area contributed by atoms with Crippen LogP contribution in [0, 0.1) is 11.6 Å². The standard InChI is InChI=1S/C24H19F4N7O/c1-3-8-24(27,28)23(2)16-18(29)31-20(32-19(16)33-22(23)36)17-14-9-13(25)10-30-21(14)35(34-17)11-12-6-4-5-7-15(12)26/h3-10H,11H2,1-2H3,(H3,29,31,32,33,36). The van der Waals surface area contributed by atoms with Gasteiger partial charge < -0.3 is 11.1 Å². The molecule has 184 valence electrons. The van der Waals surface area contributed by atoms with Crippen molar-refractivity contribution in [1.82, 2.24) is 24.7 Å². The van der Waals surface area contributed by atoms with E-state index in [4.69, 9.17) is 5.73 Å². The van der Waals surface area contributed by atoms with E-state index < -0.39 is 28.9 Å². The number of benzene rings is 1. The molecule has 1 aromatic carbocycles. The Morgan fingerprint density at radius 3 is 2.69 bits per heavy atom. The fourth-order valence-electron chi connectivity index (χ4n) is 4.30. The number of fused-ring (bicyclic) bond motifs is 2. The Hall–Kier alpha value is -4.35. The first-order chi connectivity index (χ1) is 17.1. The van der Waals surface area contributed by atoms with Gasteiger partial charge in [-0.3, -0.25) is 4.79 Å². The van der Waals surface area contributed by atoms with Crippen molar-refractivity contribution in [3.05, 3.63) is 71.4 Å². The first kappa shape index (κ1) is 23.4. The summed E-state index contributed by atoms with van der Waals surface area (Å²) in [6, 6.07) is 7.21. The molecule has 1 unspecified atom stereocenters. The fraction of sp³-hybridized carbons (Fsp3) is 0.208. The number of aromatic nitrogens is 5. The maximum atomic E-state index is 15.0. The van der Waals surface area contributed by atoms with Gasteiger partial charge in [0.1, 0.15) is 34.4 Å². The molecule has 4 aromatic rings. The van der Waals surface area contributed by atoms with Crippen LogP contribution in [-0.4, -0.2) is 36.6 Å². The number of carbonyl (C=O) groups is 1. The van der Waals surface area contributed by atoms with E-state index in [2.05, 4.69) is 25.4 Å². The Kier molecular flexibility index (Phi) is 5.27. The molecule has 1 aliphatic rings. The number of rotatable bonds is 5. The Bertz CT molecular complexity index is 1570. The van der Waals surface area contributed by atoms with Crippen molar-refractivity contribution in [3.63, 3.8) is 0 Å². The monoisotopic (exact) mass is 497 g/mol. The van der Waals surface area contributed by atoms with Crippen LogP contribution in [0.2, 0.25) is 0 Å². The van der Waals surface area contributed by atoms with E-state index in [0.29, 0.717) is 11.6 Å². The molecule has 1 amide bonds. The molecule has 0 aliphatic carbocycles. The summed E-state index contributed by atoms with van der Waals surface area (Å²) in [5.41, 5.74) is 4.04. The maximum Gasteiger partial charge on any atom is 0.284 e. The molecule has 0 fully saturated rings. The molecular weight excluding hydrogens is 478 g/mol. The number of nitrogens with zero attached hydrogens (tertiary/aromatic N) is 5. The quantitative estimate of drug-likeness (QED) is 0.316. The number of halogens is 4. The number of allylic oxidation sites excluding steroid dienone is 2. The van der Waals surface area contributed by atoms with Crippen molar-refractivity contribution in [1.29, 1.82) is 0 Å². The van der Waals surface area contributed by atoms with Gasteiger partial charge in [-0.25, -0.2) is 37.2 Å². The van der Waals surface area contributed by atoms with Crippen LogP contribution in [0.4, 0.5) is 29.2 Å². The number of amides is 1. The normalized spacial score (nSPS) is 17.7. The molecule has 0 radical (unpaired) electrons. The highest BCUT2D eigenvalue weighted by molar-refractivity contribution is 6.08. The number of hydrogen-bond acceptors (Lipinski definition) is 6. The third kappa shape index (κ3) is 3.40. The van der Waals surface area contributed by atoms with Crippen molar-refractivity contribution >= 4 is 28.6 Å². The summed E-state index contributed by atoms with van der Waals surface area (Å²) >= 11 is 0. The second-order valence-electron chi connectivity index (χ2n) is 8.48. The molecule has 8 nitrogen and oxygen atoms in total. The Morgan fingerprint density at radius 2 is 1.97 bits per heavy atom. The highest BCUT2D eigenvalue weighted by atomic mass is 19.3. The smallest absolute Gasteiger partial charge is 0.284 e. The first-order valence-corrected chi connectivity index (χ1v) is 10.8.